The molecule has 0 bridgehead atoms. The Morgan fingerprint density at radius 3 is 2.59 bits per heavy atom. The van der Waals surface area contributed by atoms with Crippen molar-refractivity contribution in [2.75, 3.05) is 6.61 Å². The standard InChI is InChI=1S/C24H24ClNO3/c1-4-13-29-24(28)23-17(3)26(15-18-10-6-5-9-16(18)2)22(27)14-20(23)19-11-7-8-12-21(19)25/h4-12,20H,1,13-15H2,2-3H3. The molecule has 0 saturated heterocycles. The van der Waals surface area contributed by atoms with E-state index in [0.717, 1.165) is 16.7 Å². The van der Waals surface area contributed by atoms with Gasteiger partial charge in [0, 0.05) is 23.1 Å². The first kappa shape index (κ1) is 20.9. The van der Waals surface area contributed by atoms with E-state index in [1.165, 1.54) is 6.08 Å². The molecule has 1 atom stereocenters. The summed E-state index contributed by atoms with van der Waals surface area (Å²) in [4.78, 5) is 27.7. The van der Waals surface area contributed by atoms with Crippen molar-refractivity contribution in [3.63, 3.8) is 0 Å². The second kappa shape index (κ2) is 9.10. The average Bonchev–Trinajstić information content (AvgIpc) is 2.70. The van der Waals surface area contributed by atoms with E-state index in [9.17, 15) is 9.59 Å². The van der Waals surface area contributed by atoms with Crippen LogP contribution in [0.4, 0.5) is 0 Å². The Morgan fingerprint density at radius 1 is 1.21 bits per heavy atom. The molecular weight excluding hydrogens is 386 g/mol. The number of carbonyl (C=O) groups excluding carboxylic acids is 2. The van der Waals surface area contributed by atoms with Gasteiger partial charge in [0.25, 0.3) is 0 Å². The molecular formula is C24H24ClNO3. The smallest absolute Gasteiger partial charge is 0.336 e. The summed E-state index contributed by atoms with van der Waals surface area (Å²) >= 11 is 6.40. The third-order valence-electron chi connectivity index (χ3n) is 5.25. The highest BCUT2D eigenvalue weighted by Gasteiger charge is 2.37. The Kier molecular flexibility index (Phi) is 6.55. The monoisotopic (exact) mass is 409 g/mol. The maximum atomic E-state index is 13.1. The highest BCUT2D eigenvalue weighted by Crippen LogP contribution is 2.40. The number of esters is 1. The highest BCUT2D eigenvalue weighted by molar-refractivity contribution is 6.31. The molecule has 2 aromatic rings. The summed E-state index contributed by atoms with van der Waals surface area (Å²) < 4.78 is 5.35. The molecule has 1 aliphatic rings. The minimum Gasteiger partial charge on any atom is -0.458 e. The largest absolute Gasteiger partial charge is 0.458 e. The van der Waals surface area contributed by atoms with E-state index >= 15 is 0 Å². The van der Waals surface area contributed by atoms with Gasteiger partial charge in [-0.25, -0.2) is 4.79 Å². The van der Waals surface area contributed by atoms with Crippen LogP contribution in [0.5, 0.6) is 0 Å². The quantitative estimate of drug-likeness (QED) is 0.488. The summed E-state index contributed by atoms with van der Waals surface area (Å²) in [5.74, 6) is -0.938. The summed E-state index contributed by atoms with van der Waals surface area (Å²) in [6, 6.07) is 15.2. The molecule has 1 amide bonds. The lowest BCUT2D eigenvalue weighted by atomic mass is 9.83. The second-order valence-corrected chi connectivity index (χ2v) is 7.48. The molecule has 0 N–H and O–H groups in total. The molecule has 1 heterocycles. The van der Waals surface area contributed by atoms with E-state index in [-0.39, 0.29) is 18.9 Å². The number of amides is 1. The van der Waals surface area contributed by atoms with Crippen LogP contribution >= 0.6 is 11.6 Å². The summed E-state index contributed by atoms with van der Waals surface area (Å²) in [6.45, 7) is 7.92. The SMILES string of the molecule is C=CCOC(=O)C1=C(C)N(Cc2ccccc2C)C(=O)CC1c1ccccc1Cl. The number of allylic oxidation sites excluding steroid dienone is 1. The number of hydrogen-bond donors (Lipinski definition) is 0. The van der Waals surface area contributed by atoms with Crippen LogP contribution in [0.2, 0.25) is 5.02 Å². The molecule has 0 saturated carbocycles. The molecule has 0 spiro atoms. The predicted octanol–water partition coefficient (Wildman–Crippen LogP) is 5.17. The fourth-order valence-corrected chi connectivity index (χ4v) is 3.93. The van der Waals surface area contributed by atoms with Crippen molar-refractivity contribution in [1.82, 2.24) is 4.90 Å². The molecule has 0 aromatic heterocycles. The topological polar surface area (TPSA) is 46.6 Å². The van der Waals surface area contributed by atoms with Crippen LogP contribution in [0.3, 0.4) is 0 Å². The minimum absolute atomic E-state index is 0.0454. The Hall–Kier alpha value is -2.85. The van der Waals surface area contributed by atoms with Crippen LogP contribution in [0, 0.1) is 6.92 Å². The summed E-state index contributed by atoms with van der Waals surface area (Å²) in [5.41, 5.74) is 3.95. The summed E-state index contributed by atoms with van der Waals surface area (Å²) in [6.07, 6.45) is 1.68. The molecule has 4 nitrogen and oxygen atoms in total. The van der Waals surface area contributed by atoms with Gasteiger partial charge in [-0.1, -0.05) is 66.7 Å². The number of halogens is 1. The third kappa shape index (κ3) is 4.43. The van der Waals surface area contributed by atoms with Crippen molar-refractivity contribution in [2.24, 2.45) is 0 Å². The van der Waals surface area contributed by atoms with Gasteiger partial charge < -0.3 is 9.64 Å². The van der Waals surface area contributed by atoms with Crippen LogP contribution in [-0.2, 0) is 20.9 Å². The van der Waals surface area contributed by atoms with Gasteiger partial charge in [0.2, 0.25) is 5.91 Å². The van der Waals surface area contributed by atoms with E-state index in [1.54, 1.807) is 17.9 Å². The summed E-state index contributed by atoms with van der Waals surface area (Å²) in [5, 5.41) is 0.527. The second-order valence-electron chi connectivity index (χ2n) is 7.07. The average molecular weight is 410 g/mol. The number of ether oxygens (including phenoxy) is 1. The molecule has 1 unspecified atom stereocenters. The molecule has 0 fully saturated rings. The number of nitrogens with zero attached hydrogens (tertiary/aromatic N) is 1. The van der Waals surface area contributed by atoms with E-state index in [2.05, 4.69) is 6.58 Å². The van der Waals surface area contributed by atoms with Crippen LogP contribution in [0.15, 0.2) is 72.5 Å². The van der Waals surface area contributed by atoms with Crippen LogP contribution in [0.1, 0.15) is 36.0 Å². The summed E-state index contributed by atoms with van der Waals surface area (Å²) in [7, 11) is 0. The van der Waals surface area contributed by atoms with Crippen molar-refractivity contribution < 1.29 is 14.3 Å². The van der Waals surface area contributed by atoms with E-state index in [1.807, 2.05) is 49.4 Å². The molecule has 2 aromatic carbocycles. The molecule has 150 valence electrons. The van der Waals surface area contributed by atoms with Crippen LogP contribution in [0.25, 0.3) is 0 Å². The van der Waals surface area contributed by atoms with Crippen LogP contribution in [-0.4, -0.2) is 23.4 Å². The Balaban J connectivity index is 2.06. The number of aryl methyl sites for hydroxylation is 1. The van der Waals surface area contributed by atoms with Gasteiger partial charge in [-0.2, -0.15) is 0 Å². The maximum Gasteiger partial charge on any atom is 0.336 e. The fourth-order valence-electron chi connectivity index (χ4n) is 3.66. The first-order valence-electron chi connectivity index (χ1n) is 9.52. The van der Waals surface area contributed by atoms with E-state index in [0.29, 0.717) is 22.8 Å². The lowest BCUT2D eigenvalue weighted by molar-refractivity contribution is -0.139. The maximum absolute atomic E-state index is 13.1. The number of benzene rings is 2. The zero-order valence-corrected chi connectivity index (χ0v) is 17.4. The first-order chi connectivity index (χ1) is 13.9. The van der Waals surface area contributed by atoms with Crippen molar-refractivity contribution in [2.45, 2.75) is 32.7 Å². The molecule has 1 aliphatic heterocycles. The Bertz CT molecular complexity index is 980. The zero-order valence-electron chi connectivity index (χ0n) is 16.7. The number of carbonyl (C=O) groups is 2. The van der Waals surface area contributed by atoms with Gasteiger partial charge >= 0.3 is 5.97 Å². The third-order valence-corrected chi connectivity index (χ3v) is 5.59. The van der Waals surface area contributed by atoms with E-state index < -0.39 is 11.9 Å². The van der Waals surface area contributed by atoms with Crippen molar-refractivity contribution in [3.05, 3.63) is 94.2 Å². The molecule has 0 radical (unpaired) electrons. The van der Waals surface area contributed by atoms with Gasteiger partial charge in [0.1, 0.15) is 6.61 Å². The lowest BCUT2D eigenvalue weighted by Crippen LogP contribution is -2.38. The first-order valence-corrected chi connectivity index (χ1v) is 9.90. The minimum atomic E-state index is -0.449. The van der Waals surface area contributed by atoms with Gasteiger partial charge in [-0.3, -0.25) is 4.79 Å². The van der Waals surface area contributed by atoms with Crippen molar-refractivity contribution >= 4 is 23.5 Å². The van der Waals surface area contributed by atoms with Crippen molar-refractivity contribution in [3.8, 4) is 0 Å². The zero-order chi connectivity index (χ0) is 21.0. The fraction of sp³-hybridized carbons (Fsp3) is 0.250. The predicted molar refractivity (Wildman–Crippen MR) is 114 cm³/mol. The van der Waals surface area contributed by atoms with Gasteiger partial charge in [0.15, 0.2) is 0 Å². The number of hydrogen-bond acceptors (Lipinski definition) is 3. The molecule has 3 rings (SSSR count). The Morgan fingerprint density at radius 2 is 1.90 bits per heavy atom. The normalized spacial score (nSPS) is 16.7. The van der Waals surface area contributed by atoms with Gasteiger partial charge in [0.05, 0.1) is 12.1 Å². The highest BCUT2D eigenvalue weighted by atomic mass is 35.5. The van der Waals surface area contributed by atoms with Crippen molar-refractivity contribution in [1.29, 1.82) is 0 Å². The van der Waals surface area contributed by atoms with Gasteiger partial charge in [-0.05, 0) is 36.6 Å². The number of rotatable bonds is 6. The van der Waals surface area contributed by atoms with Crippen LogP contribution < -0.4 is 0 Å². The van der Waals surface area contributed by atoms with Gasteiger partial charge in [-0.15, -0.1) is 0 Å². The Labute approximate surface area is 176 Å². The molecule has 5 heteroatoms. The molecule has 0 aliphatic carbocycles. The van der Waals surface area contributed by atoms with E-state index in [4.69, 9.17) is 16.3 Å². The molecule has 29 heavy (non-hydrogen) atoms. The lowest BCUT2D eigenvalue weighted by Gasteiger charge is -2.35.